The van der Waals surface area contributed by atoms with Crippen LogP contribution in [0.1, 0.15) is 27.7 Å². The number of hydrogen-bond acceptors (Lipinski definition) is 7. The lowest BCUT2D eigenvalue weighted by molar-refractivity contribution is 0.0154. The van der Waals surface area contributed by atoms with Gasteiger partial charge in [0.15, 0.2) is 5.65 Å². The summed E-state index contributed by atoms with van der Waals surface area (Å²) in [4.78, 5) is 19.6. The van der Waals surface area contributed by atoms with Crippen molar-refractivity contribution in [2.45, 2.75) is 12.5 Å². The Balaban J connectivity index is 1.43. The van der Waals surface area contributed by atoms with E-state index in [-0.39, 0.29) is 11.9 Å². The molecule has 5 rings (SSSR count). The molecule has 4 aromatic rings. The van der Waals surface area contributed by atoms with E-state index in [1.165, 1.54) is 6.20 Å². The number of ether oxygens (including phenoxy) is 2. The van der Waals surface area contributed by atoms with E-state index in [1.54, 1.807) is 36.3 Å². The Morgan fingerprint density at radius 1 is 1.32 bits per heavy atom. The van der Waals surface area contributed by atoms with Crippen molar-refractivity contribution in [3.8, 4) is 5.75 Å². The first-order valence-corrected chi connectivity index (χ1v) is 11.3. The molecule has 4 heterocycles. The number of nitrogens with one attached hydrogen (secondary N) is 2. The van der Waals surface area contributed by atoms with Gasteiger partial charge in [-0.25, -0.2) is 9.50 Å². The van der Waals surface area contributed by atoms with E-state index in [4.69, 9.17) is 21.1 Å². The molecule has 1 atom stereocenters. The van der Waals surface area contributed by atoms with Crippen LogP contribution in [-0.4, -0.2) is 69.0 Å². The quantitative estimate of drug-likeness (QED) is 0.417. The van der Waals surface area contributed by atoms with Crippen molar-refractivity contribution < 1.29 is 14.3 Å². The molecule has 0 aliphatic carbocycles. The fourth-order valence-corrected chi connectivity index (χ4v) is 4.42. The number of carbonyl (C=O) groups is 1. The molecule has 1 unspecified atom stereocenters. The number of morpholine rings is 1. The molecule has 2 N–H and O–H groups in total. The molecule has 0 radical (unpaired) electrons. The van der Waals surface area contributed by atoms with Gasteiger partial charge in [-0.3, -0.25) is 14.8 Å². The number of amides is 1. The van der Waals surface area contributed by atoms with E-state index in [0.29, 0.717) is 41.6 Å². The molecular formula is C23H24ClN7O3. The highest BCUT2D eigenvalue weighted by Gasteiger charge is 2.28. The Morgan fingerprint density at radius 2 is 2.18 bits per heavy atom. The summed E-state index contributed by atoms with van der Waals surface area (Å²) < 4.78 is 12.8. The molecule has 10 nitrogen and oxygen atoms in total. The fraction of sp³-hybridized carbons (Fsp3) is 0.304. The van der Waals surface area contributed by atoms with Crippen LogP contribution >= 0.6 is 11.6 Å². The Bertz CT molecular complexity index is 1300. The third-order valence-corrected chi connectivity index (χ3v) is 6.16. The van der Waals surface area contributed by atoms with E-state index in [2.05, 4.69) is 30.5 Å². The molecule has 3 aromatic heterocycles. The minimum Gasteiger partial charge on any atom is -0.496 e. The van der Waals surface area contributed by atoms with Crippen LogP contribution in [0, 0.1) is 0 Å². The van der Waals surface area contributed by atoms with Crippen LogP contribution in [0.5, 0.6) is 5.75 Å². The summed E-state index contributed by atoms with van der Waals surface area (Å²) in [7, 11) is 1.65. The molecule has 0 saturated carbocycles. The molecule has 1 saturated heterocycles. The van der Waals surface area contributed by atoms with Gasteiger partial charge in [0.1, 0.15) is 11.3 Å². The van der Waals surface area contributed by atoms with E-state index < -0.39 is 0 Å². The first kappa shape index (κ1) is 22.3. The second-order valence-corrected chi connectivity index (χ2v) is 8.35. The minimum atomic E-state index is -0.306. The largest absolute Gasteiger partial charge is 0.496 e. The van der Waals surface area contributed by atoms with E-state index in [0.717, 1.165) is 30.1 Å². The lowest BCUT2D eigenvalue weighted by atomic mass is 9.98. The number of halogens is 1. The lowest BCUT2D eigenvalue weighted by Crippen LogP contribution is -2.40. The van der Waals surface area contributed by atoms with Crippen LogP contribution in [0.3, 0.4) is 0 Å². The highest BCUT2D eigenvalue weighted by atomic mass is 35.5. The maximum atomic E-state index is 13.0. The Kier molecular flexibility index (Phi) is 6.43. The van der Waals surface area contributed by atoms with Gasteiger partial charge in [0.05, 0.1) is 44.1 Å². The zero-order valence-corrected chi connectivity index (χ0v) is 19.3. The predicted molar refractivity (Wildman–Crippen MR) is 126 cm³/mol. The summed E-state index contributed by atoms with van der Waals surface area (Å²) in [5.41, 5.74) is 3.22. The zero-order chi connectivity index (χ0) is 23.5. The van der Waals surface area contributed by atoms with Crippen LogP contribution < -0.4 is 10.1 Å². The number of carbonyl (C=O) groups excluding carboxylic acids is 1. The number of H-pyrrole nitrogens is 1. The van der Waals surface area contributed by atoms with Gasteiger partial charge in [-0.15, -0.1) is 0 Å². The number of aromatic nitrogens is 5. The smallest absolute Gasteiger partial charge is 0.261 e. The van der Waals surface area contributed by atoms with Crippen LogP contribution in [0.15, 0.2) is 49.1 Å². The van der Waals surface area contributed by atoms with Gasteiger partial charge >= 0.3 is 0 Å². The van der Waals surface area contributed by atoms with E-state index >= 15 is 0 Å². The lowest BCUT2D eigenvalue weighted by Gasteiger charge is -2.35. The van der Waals surface area contributed by atoms with Gasteiger partial charge in [0.25, 0.3) is 5.91 Å². The Hall–Kier alpha value is -3.47. The normalized spacial score (nSPS) is 15.4. The highest BCUT2D eigenvalue weighted by molar-refractivity contribution is 6.30. The van der Waals surface area contributed by atoms with Crippen molar-refractivity contribution in [3.05, 3.63) is 70.9 Å². The number of fused-ring (bicyclic) bond motifs is 1. The van der Waals surface area contributed by atoms with Crippen molar-refractivity contribution in [1.82, 2.24) is 29.7 Å². The number of nitrogens with zero attached hydrogens (tertiary/aromatic N) is 5. The molecule has 1 amide bonds. The number of anilines is 1. The van der Waals surface area contributed by atoms with Gasteiger partial charge in [-0.1, -0.05) is 11.6 Å². The van der Waals surface area contributed by atoms with E-state index in [1.807, 2.05) is 18.2 Å². The van der Waals surface area contributed by atoms with Gasteiger partial charge in [0.2, 0.25) is 0 Å². The molecule has 11 heteroatoms. The van der Waals surface area contributed by atoms with Gasteiger partial charge in [-0.2, -0.15) is 10.2 Å². The topological polar surface area (TPSA) is 110 Å². The number of hydrogen-bond donors (Lipinski definition) is 2. The van der Waals surface area contributed by atoms with Gasteiger partial charge in [0, 0.05) is 48.5 Å². The Morgan fingerprint density at radius 3 is 3.00 bits per heavy atom. The molecule has 0 bridgehead atoms. The van der Waals surface area contributed by atoms with Crippen LogP contribution in [0.2, 0.25) is 5.02 Å². The van der Waals surface area contributed by atoms with Crippen LogP contribution in [0.25, 0.3) is 5.65 Å². The van der Waals surface area contributed by atoms with Crippen LogP contribution in [-0.2, 0) is 11.2 Å². The zero-order valence-electron chi connectivity index (χ0n) is 18.6. The molecule has 1 aliphatic rings. The van der Waals surface area contributed by atoms with Crippen molar-refractivity contribution in [1.29, 1.82) is 0 Å². The molecular weight excluding hydrogens is 458 g/mol. The molecule has 34 heavy (non-hydrogen) atoms. The molecule has 1 aromatic carbocycles. The van der Waals surface area contributed by atoms with E-state index in [9.17, 15) is 4.79 Å². The number of rotatable bonds is 7. The second-order valence-electron chi connectivity index (χ2n) is 7.92. The van der Waals surface area contributed by atoms with Crippen molar-refractivity contribution >= 4 is 28.8 Å². The molecule has 1 fully saturated rings. The summed E-state index contributed by atoms with van der Waals surface area (Å²) in [6.07, 6.45) is 7.04. The highest BCUT2D eigenvalue weighted by Crippen LogP contribution is 2.35. The Labute approximate surface area is 200 Å². The SMILES string of the molecule is COc1ccc(Cl)cc1C(Cc1[nH]ncc1NC(=O)c1cnn2cccnc12)N1CCOCC1. The van der Waals surface area contributed by atoms with Gasteiger partial charge in [-0.05, 0) is 24.3 Å². The molecule has 1 aliphatic heterocycles. The fourth-order valence-electron chi connectivity index (χ4n) is 4.24. The average molecular weight is 482 g/mol. The maximum Gasteiger partial charge on any atom is 0.261 e. The first-order chi connectivity index (χ1) is 16.6. The van der Waals surface area contributed by atoms with Crippen molar-refractivity contribution in [3.63, 3.8) is 0 Å². The predicted octanol–water partition coefficient (Wildman–Crippen LogP) is 2.98. The summed E-state index contributed by atoms with van der Waals surface area (Å²) in [5, 5.41) is 15.0. The monoisotopic (exact) mass is 481 g/mol. The first-order valence-electron chi connectivity index (χ1n) is 10.9. The minimum absolute atomic E-state index is 0.0627. The third-order valence-electron chi connectivity index (χ3n) is 5.93. The second kappa shape index (κ2) is 9.80. The summed E-state index contributed by atoms with van der Waals surface area (Å²) >= 11 is 6.35. The molecule has 0 spiro atoms. The van der Waals surface area contributed by atoms with Gasteiger partial charge < -0.3 is 14.8 Å². The van der Waals surface area contributed by atoms with Crippen molar-refractivity contribution in [2.75, 3.05) is 38.7 Å². The average Bonchev–Trinajstić information content (AvgIpc) is 3.50. The summed E-state index contributed by atoms with van der Waals surface area (Å²) in [5.74, 6) is 0.447. The van der Waals surface area contributed by atoms with Crippen molar-refractivity contribution in [2.24, 2.45) is 0 Å². The number of benzene rings is 1. The number of methoxy groups -OCH3 is 1. The van der Waals surface area contributed by atoms with Crippen LogP contribution in [0.4, 0.5) is 5.69 Å². The standard InChI is InChI=1S/C23H24ClN7O3/c1-33-21-4-3-15(24)11-16(21)20(30-7-9-34-10-8-30)12-18-19(14-26-29-18)28-23(32)17-13-27-31-6-2-5-25-22(17)31/h2-6,11,13-14,20H,7-10,12H2,1H3,(H,26,29)(H,28,32). The third kappa shape index (κ3) is 4.47. The number of aromatic amines is 1. The summed E-state index contributed by atoms with van der Waals surface area (Å²) in [6, 6.07) is 7.31. The summed E-state index contributed by atoms with van der Waals surface area (Å²) in [6.45, 7) is 2.83. The molecule has 176 valence electrons. The maximum absolute atomic E-state index is 13.0.